The van der Waals surface area contributed by atoms with Gasteiger partial charge in [0.05, 0.1) is 24.3 Å². The van der Waals surface area contributed by atoms with Crippen LogP contribution >= 0.6 is 24.0 Å². The normalized spacial score (nSPS) is 18.6. The molecule has 1 aromatic carbocycles. The number of hydrogen-bond donors (Lipinski definition) is 3. The van der Waals surface area contributed by atoms with E-state index in [-0.39, 0.29) is 47.6 Å². The zero-order chi connectivity index (χ0) is 20.6. The largest absolute Gasteiger partial charge is 0.372 e. The second kappa shape index (κ2) is 11.8. The molecule has 1 saturated heterocycles. The minimum atomic E-state index is -0.509. The standard InChI is InChI=1S/C20H22ClFN4O3.ClH/c21-15-5-4-13(9-16(15)22)19-14(10-23-7-8-29-19)11-25-18(27)12-26-20(28)17-3-1-2-6-24-17;/h1-6,9,14,19,23H,7-8,10-12H2,(H,25,27)(H,26,28);1H/t14-,19-;/m0./s1. The summed E-state index contributed by atoms with van der Waals surface area (Å²) in [6.45, 7) is 1.86. The van der Waals surface area contributed by atoms with Crippen LogP contribution in [0.5, 0.6) is 0 Å². The van der Waals surface area contributed by atoms with Gasteiger partial charge in [-0.05, 0) is 29.8 Å². The number of pyridine rings is 1. The van der Waals surface area contributed by atoms with E-state index in [1.54, 1.807) is 24.3 Å². The second-order valence-electron chi connectivity index (χ2n) is 6.63. The summed E-state index contributed by atoms with van der Waals surface area (Å²) in [4.78, 5) is 28.1. The minimum Gasteiger partial charge on any atom is -0.372 e. The van der Waals surface area contributed by atoms with Gasteiger partial charge < -0.3 is 20.7 Å². The van der Waals surface area contributed by atoms with E-state index in [9.17, 15) is 14.0 Å². The molecule has 30 heavy (non-hydrogen) atoms. The molecule has 2 amide bonds. The third-order valence-electron chi connectivity index (χ3n) is 4.55. The van der Waals surface area contributed by atoms with Gasteiger partial charge in [-0.15, -0.1) is 12.4 Å². The van der Waals surface area contributed by atoms with Crippen LogP contribution in [0.25, 0.3) is 0 Å². The highest BCUT2D eigenvalue weighted by molar-refractivity contribution is 6.30. The predicted molar refractivity (Wildman–Crippen MR) is 113 cm³/mol. The maximum absolute atomic E-state index is 13.9. The van der Waals surface area contributed by atoms with E-state index in [4.69, 9.17) is 16.3 Å². The molecule has 3 rings (SSSR count). The van der Waals surface area contributed by atoms with Crippen LogP contribution in [0, 0.1) is 11.7 Å². The van der Waals surface area contributed by atoms with Crippen molar-refractivity contribution in [2.24, 2.45) is 5.92 Å². The Kier molecular flexibility index (Phi) is 9.45. The predicted octanol–water partition coefficient (Wildman–Crippen LogP) is 2.12. The first-order valence-electron chi connectivity index (χ1n) is 9.28. The number of amides is 2. The van der Waals surface area contributed by atoms with Crippen molar-refractivity contribution in [2.75, 3.05) is 32.8 Å². The molecule has 0 bridgehead atoms. The SMILES string of the molecule is Cl.O=C(CNC(=O)c1ccccn1)NC[C@@H]1CNCCO[C@H]1c1ccc(Cl)c(F)c1. The van der Waals surface area contributed by atoms with Crippen molar-refractivity contribution in [1.82, 2.24) is 20.9 Å². The molecule has 2 atom stereocenters. The number of rotatable bonds is 6. The van der Waals surface area contributed by atoms with Crippen molar-refractivity contribution in [3.63, 3.8) is 0 Å². The van der Waals surface area contributed by atoms with Gasteiger partial charge in [-0.2, -0.15) is 0 Å². The van der Waals surface area contributed by atoms with Gasteiger partial charge in [-0.3, -0.25) is 14.6 Å². The first-order chi connectivity index (χ1) is 14.0. The third-order valence-corrected chi connectivity index (χ3v) is 4.86. The first-order valence-corrected chi connectivity index (χ1v) is 9.65. The molecule has 1 fully saturated rings. The van der Waals surface area contributed by atoms with Gasteiger partial charge in [-0.1, -0.05) is 23.7 Å². The highest BCUT2D eigenvalue weighted by atomic mass is 35.5. The van der Waals surface area contributed by atoms with Crippen molar-refractivity contribution in [1.29, 1.82) is 0 Å². The molecule has 0 saturated carbocycles. The Labute approximate surface area is 185 Å². The summed E-state index contributed by atoms with van der Waals surface area (Å²) in [6, 6.07) is 9.55. The van der Waals surface area contributed by atoms with Crippen LogP contribution in [0.3, 0.4) is 0 Å². The Morgan fingerprint density at radius 2 is 2.10 bits per heavy atom. The molecule has 1 aliphatic rings. The van der Waals surface area contributed by atoms with Crippen molar-refractivity contribution < 1.29 is 18.7 Å². The fourth-order valence-corrected chi connectivity index (χ4v) is 3.20. The molecule has 0 spiro atoms. The van der Waals surface area contributed by atoms with Crippen molar-refractivity contribution >= 4 is 35.8 Å². The lowest BCUT2D eigenvalue weighted by Crippen LogP contribution is -2.41. The fourth-order valence-electron chi connectivity index (χ4n) is 3.08. The fraction of sp³-hybridized carbons (Fsp3) is 0.350. The molecule has 3 N–H and O–H groups in total. The summed E-state index contributed by atoms with van der Waals surface area (Å²) >= 11 is 5.77. The van der Waals surface area contributed by atoms with Gasteiger partial charge in [0, 0.05) is 31.7 Å². The van der Waals surface area contributed by atoms with Crippen LogP contribution in [0.4, 0.5) is 4.39 Å². The number of aromatic nitrogens is 1. The molecule has 2 aromatic rings. The van der Waals surface area contributed by atoms with Crippen LogP contribution in [0.2, 0.25) is 5.02 Å². The number of hydrogen-bond acceptors (Lipinski definition) is 5. The van der Waals surface area contributed by atoms with Gasteiger partial charge in [0.2, 0.25) is 5.91 Å². The third kappa shape index (κ3) is 6.63. The number of nitrogens with zero attached hydrogens (tertiary/aromatic N) is 1. The number of benzene rings is 1. The van der Waals surface area contributed by atoms with E-state index in [1.165, 1.54) is 18.3 Å². The summed E-state index contributed by atoms with van der Waals surface area (Å²) in [5, 5.41) is 8.62. The van der Waals surface area contributed by atoms with Gasteiger partial charge in [0.25, 0.3) is 5.91 Å². The molecule has 1 aliphatic heterocycles. The molecule has 0 radical (unpaired) electrons. The van der Waals surface area contributed by atoms with Crippen LogP contribution in [0.1, 0.15) is 22.2 Å². The van der Waals surface area contributed by atoms with E-state index in [0.717, 1.165) is 0 Å². The smallest absolute Gasteiger partial charge is 0.270 e. The van der Waals surface area contributed by atoms with Gasteiger partial charge in [-0.25, -0.2) is 4.39 Å². The number of halogens is 3. The maximum atomic E-state index is 13.9. The van der Waals surface area contributed by atoms with Crippen molar-refractivity contribution in [3.8, 4) is 0 Å². The molecule has 0 aliphatic carbocycles. The van der Waals surface area contributed by atoms with E-state index in [2.05, 4.69) is 20.9 Å². The first kappa shape index (κ1) is 24.0. The molecule has 162 valence electrons. The maximum Gasteiger partial charge on any atom is 0.270 e. The molecule has 0 unspecified atom stereocenters. The average molecular weight is 457 g/mol. The zero-order valence-electron chi connectivity index (χ0n) is 16.1. The molecule has 7 nitrogen and oxygen atoms in total. The van der Waals surface area contributed by atoms with Gasteiger partial charge >= 0.3 is 0 Å². The van der Waals surface area contributed by atoms with Crippen LogP contribution in [-0.4, -0.2) is 49.6 Å². The lowest BCUT2D eigenvalue weighted by atomic mass is 9.95. The van der Waals surface area contributed by atoms with Crippen molar-refractivity contribution in [2.45, 2.75) is 6.10 Å². The Bertz CT molecular complexity index is 857. The van der Waals surface area contributed by atoms with Crippen LogP contribution in [0.15, 0.2) is 42.6 Å². The van der Waals surface area contributed by atoms with Crippen LogP contribution in [-0.2, 0) is 9.53 Å². The highest BCUT2D eigenvalue weighted by Gasteiger charge is 2.27. The molecule has 2 heterocycles. The van der Waals surface area contributed by atoms with Gasteiger partial charge in [0.1, 0.15) is 11.5 Å². The summed E-state index contributed by atoms with van der Waals surface area (Å²) < 4.78 is 19.8. The summed E-state index contributed by atoms with van der Waals surface area (Å²) in [6.07, 6.45) is 1.12. The quantitative estimate of drug-likeness (QED) is 0.618. The molecular weight excluding hydrogens is 434 g/mol. The van der Waals surface area contributed by atoms with Gasteiger partial charge in [0.15, 0.2) is 0 Å². The monoisotopic (exact) mass is 456 g/mol. The number of carbonyl (C=O) groups is 2. The average Bonchev–Trinajstić information content (AvgIpc) is 2.98. The lowest BCUT2D eigenvalue weighted by molar-refractivity contribution is -0.120. The lowest BCUT2D eigenvalue weighted by Gasteiger charge is -2.25. The Hall–Kier alpha value is -2.26. The van der Waals surface area contributed by atoms with E-state index in [1.807, 2.05) is 0 Å². The zero-order valence-corrected chi connectivity index (χ0v) is 17.6. The minimum absolute atomic E-state index is 0. The second-order valence-corrected chi connectivity index (χ2v) is 7.04. The summed E-state index contributed by atoms with van der Waals surface area (Å²) in [5.74, 6) is -1.38. The summed E-state index contributed by atoms with van der Waals surface area (Å²) in [7, 11) is 0. The number of carbonyl (C=O) groups excluding carboxylic acids is 2. The number of nitrogens with one attached hydrogen (secondary N) is 3. The van der Waals surface area contributed by atoms with E-state index in [0.29, 0.717) is 31.8 Å². The topological polar surface area (TPSA) is 92.4 Å². The Morgan fingerprint density at radius 1 is 1.27 bits per heavy atom. The van der Waals surface area contributed by atoms with E-state index >= 15 is 0 Å². The van der Waals surface area contributed by atoms with Crippen molar-refractivity contribution in [3.05, 3.63) is 64.7 Å². The molecular formula is C20H23Cl2FN4O3. The Morgan fingerprint density at radius 3 is 2.83 bits per heavy atom. The number of ether oxygens (including phenoxy) is 1. The van der Waals surface area contributed by atoms with Crippen LogP contribution < -0.4 is 16.0 Å². The molecule has 10 heteroatoms. The summed E-state index contributed by atoms with van der Waals surface area (Å²) in [5.41, 5.74) is 0.907. The molecule has 1 aromatic heterocycles. The van der Waals surface area contributed by atoms with E-state index < -0.39 is 11.7 Å². The highest BCUT2D eigenvalue weighted by Crippen LogP contribution is 2.29. The Balaban J connectivity index is 0.00000320.